The van der Waals surface area contributed by atoms with Gasteiger partial charge in [-0.15, -0.1) is 0 Å². The van der Waals surface area contributed by atoms with Crippen LogP contribution in [-0.4, -0.2) is 38.3 Å². The van der Waals surface area contributed by atoms with Gasteiger partial charge in [-0.05, 0) is 99.2 Å². The van der Waals surface area contributed by atoms with Gasteiger partial charge in [0.15, 0.2) is 0 Å². The Hall–Kier alpha value is -1.11. The second kappa shape index (κ2) is 7.79. The highest BCUT2D eigenvalue weighted by atomic mass is 35.5. The zero-order valence-electron chi connectivity index (χ0n) is 17.4. The molecule has 4 bridgehead atoms. The quantitative estimate of drug-likeness (QED) is 0.695. The fourth-order valence-corrected chi connectivity index (χ4v) is 8.80. The molecule has 1 aliphatic heterocycles. The maximum Gasteiger partial charge on any atom is 0.252 e. The Balaban J connectivity index is 1.25. The maximum absolute atomic E-state index is 12.8. The number of nitrogens with zero attached hydrogens (tertiary/aromatic N) is 1. The molecule has 5 aliphatic rings. The highest BCUT2D eigenvalue weighted by Crippen LogP contribution is 2.61. The first-order chi connectivity index (χ1) is 14.3. The van der Waals surface area contributed by atoms with Gasteiger partial charge < -0.3 is 5.32 Å². The van der Waals surface area contributed by atoms with Gasteiger partial charge in [0.1, 0.15) is 0 Å². The first kappa shape index (κ1) is 20.8. The van der Waals surface area contributed by atoms with Crippen molar-refractivity contribution in [3.8, 4) is 0 Å². The molecule has 0 radical (unpaired) electrons. The standard InChI is InChI=1S/C23H31ClN2O3S/c24-21-4-3-19(30(28,29)26-7-1-2-8-26)12-20(21)22(27)25-6-5-23-13-16-9-17(14-23)11-18(10-16)15-23/h3-4,12,16-18H,1-2,5-11,13-15H2,(H,25,27). The van der Waals surface area contributed by atoms with Crippen LogP contribution in [0.2, 0.25) is 5.02 Å². The molecule has 4 saturated carbocycles. The number of carbonyl (C=O) groups excluding carboxylic acids is 1. The fraction of sp³-hybridized carbons (Fsp3) is 0.696. The van der Waals surface area contributed by atoms with Crippen molar-refractivity contribution in [2.75, 3.05) is 19.6 Å². The minimum absolute atomic E-state index is 0.153. The van der Waals surface area contributed by atoms with Crippen LogP contribution in [0.4, 0.5) is 0 Å². The molecule has 0 aromatic heterocycles. The molecule has 7 heteroatoms. The normalized spacial score (nSPS) is 33.2. The van der Waals surface area contributed by atoms with Crippen LogP contribution in [0.15, 0.2) is 23.1 Å². The van der Waals surface area contributed by atoms with Gasteiger partial charge in [0.25, 0.3) is 5.91 Å². The molecule has 1 aromatic carbocycles. The Morgan fingerprint density at radius 3 is 2.27 bits per heavy atom. The summed E-state index contributed by atoms with van der Waals surface area (Å²) in [5.41, 5.74) is 0.662. The lowest BCUT2D eigenvalue weighted by Gasteiger charge is -2.57. The Morgan fingerprint density at radius 2 is 1.67 bits per heavy atom. The molecule has 1 amide bonds. The predicted molar refractivity (Wildman–Crippen MR) is 117 cm³/mol. The predicted octanol–water partition coefficient (Wildman–Crippen LogP) is 4.46. The molecule has 0 spiro atoms. The Morgan fingerprint density at radius 1 is 1.07 bits per heavy atom. The molecule has 30 heavy (non-hydrogen) atoms. The second-order valence-corrected chi connectivity index (χ2v) is 12.5. The molecular weight excluding hydrogens is 420 g/mol. The van der Waals surface area contributed by atoms with E-state index in [1.165, 1.54) is 61.0 Å². The number of nitrogens with one attached hydrogen (secondary N) is 1. The molecule has 1 N–H and O–H groups in total. The number of sulfonamides is 1. The Kier molecular flexibility index (Phi) is 5.39. The molecule has 164 valence electrons. The molecule has 5 fully saturated rings. The zero-order chi connectivity index (χ0) is 20.9. The number of carbonyl (C=O) groups is 1. The third kappa shape index (κ3) is 3.80. The van der Waals surface area contributed by atoms with E-state index in [1.807, 2.05) is 0 Å². The van der Waals surface area contributed by atoms with Crippen LogP contribution in [0.25, 0.3) is 0 Å². The van der Waals surface area contributed by atoms with Gasteiger partial charge in [0.2, 0.25) is 10.0 Å². The summed E-state index contributed by atoms with van der Waals surface area (Å²) in [7, 11) is -3.57. The van der Waals surface area contributed by atoms with Crippen LogP contribution in [0, 0.1) is 23.2 Å². The first-order valence-electron chi connectivity index (χ1n) is 11.4. The average Bonchev–Trinajstić information content (AvgIpc) is 3.22. The van der Waals surface area contributed by atoms with Crippen molar-refractivity contribution in [1.29, 1.82) is 0 Å². The smallest absolute Gasteiger partial charge is 0.252 e. The number of amides is 1. The van der Waals surface area contributed by atoms with E-state index in [2.05, 4.69) is 5.32 Å². The summed E-state index contributed by atoms with van der Waals surface area (Å²) >= 11 is 6.27. The van der Waals surface area contributed by atoms with Crippen LogP contribution in [0.1, 0.15) is 68.1 Å². The van der Waals surface area contributed by atoms with Crippen molar-refractivity contribution in [3.63, 3.8) is 0 Å². The summed E-state index contributed by atoms with van der Waals surface area (Å²) in [6.07, 6.45) is 11.0. The lowest BCUT2D eigenvalue weighted by atomic mass is 9.49. The van der Waals surface area contributed by atoms with E-state index in [-0.39, 0.29) is 16.4 Å². The van der Waals surface area contributed by atoms with Crippen molar-refractivity contribution in [2.45, 2.75) is 62.7 Å². The Labute approximate surface area is 184 Å². The monoisotopic (exact) mass is 450 g/mol. The number of hydrogen-bond donors (Lipinski definition) is 1. The van der Waals surface area contributed by atoms with Gasteiger partial charge in [-0.2, -0.15) is 4.31 Å². The van der Waals surface area contributed by atoms with Crippen LogP contribution in [-0.2, 0) is 10.0 Å². The summed E-state index contributed by atoms with van der Waals surface area (Å²) < 4.78 is 27.2. The molecule has 1 aromatic rings. The van der Waals surface area contributed by atoms with Crippen LogP contribution in [0.3, 0.4) is 0 Å². The number of hydrogen-bond acceptors (Lipinski definition) is 3. The van der Waals surface area contributed by atoms with Crippen LogP contribution >= 0.6 is 11.6 Å². The van der Waals surface area contributed by atoms with Crippen LogP contribution in [0.5, 0.6) is 0 Å². The highest BCUT2D eigenvalue weighted by Gasteiger charge is 2.50. The summed E-state index contributed by atoms with van der Waals surface area (Å²) in [4.78, 5) is 13.0. The van der Waals surface area contributed by atoms with Crippen molar-refractivity contribution in [1.82, 2.24) is 9.62 Å². The third-order valence-corrected chi connectivity index (χ3v) is 10.2. The maximum atomic E-state index is 12.8. The van der Waals surface area contributed by atoms with Gasteiger partial charge in [0, 0.05) is 19.6 Å². The third-order valence-electron chi connectivity index (χ3n) is 7.99. The molecule has 6 rings (SSSR count). The SMILES string of the molecule is O=C(NCCC12CC3CC(CC(C3)C1)C2)c1cc(S(=O)(=O)N2CCCC2)ccc1Cl. The van der Waals surface area contributed by atoms with Crippen molar-refractivity contribution < 1.29 is 13.2 Å². The lowest BCUT2D eigenvalue weighted by molar-refractivity contribution is -0.0564. The summed E-state index contributed by atoms with van der Waals surface area (Å²) in [6, 6.07) is 4.47. The topological polar surface area (TPSA) is 66.5 Å². The van der Waals surface area contributed by atoms with E-state index in [9.17, 15) is 13.2 Å². The number of halogens is 1. The van der Waals surface area contributed by atoms with Crippen LogP contribution < -0.4 is 5.32 Å². The summed E-state index contributed by atoms with van der Waals surface area (Å²) in [5.74, 6) is 2.42. The largest absolute Gasteiger partial charge is 0.352 e. The zero-order valence-corrected chi connectivity index (χ0v) is 19.0. The fourth-order valence-electron chi connectivity index (χ4n) is 7.05. The number of benzene rings is 1. The minimum Gasteiger partial charge on any atom is -0.352 e. The molecule has 0 unspecified atom stereocenters. The van der Waals surface area contributed by atoms with Crippen molar-refractivity contribution in [3.05, 3.63) is 28.8 Å². The second-order valence-electron chi connectivity index (χ2n) is 10.2. The molecule has 0 atom stereocenters. The van der Waals surface area contributed by atoms with Gasteiger partial charge in [-0.1, -0.05) is 11.6 Å². The van der Waals surface area contributed by atoms with E-state index >= 15 is 0 Å². The molecule has 5 nitrogen and oxygen atoms in total. The van der Waals surface area contributed by atoms with Gasteiger partial charge in [-0.3, -0.25) is 4.79 Å². The Bertz CT molecular complexity index is 904. The van der Waals surface area contributed by atoms with Crippen molar-refractivity contribution >= 4 is 27.5 Å². The van der Waals surface area contributed by atoms with Gasteiger partial charge in [-0.25, -0.2) is 8.42 Å². The highest BCUT2D eigenvalue weighted by molar-refractivity contribution is 7.89. The van der Waals surface area contributed by atoms with E-state index in [0.29, 0.717) is 30.1 Å². The van der Waals surface area contributed by atoms with E-state index < -0.39 is 10.0 Å². The van der Waals surface area contributed by atoms with Gasteiger partial charge in [0.05, 0.1) is 15.5 Å². The van der Waals surface area contributed by atoms with E-state index in [1.54, 1.807) is 0 Å². The molecule has 4 aliphatic carbocycles. The summed E-state index contributed by atoms with van der Waals surface area (Å²) in [6.45, 7) is 1.71. The van der Waals surface area contributed by atoms with Gasteiger partial charge >= 0.3 is 0 Å². The minimum atomic E-state index is -3.57. The lowest BCUT2D eigenvalue weighted by Crippen LogP contribution is -2.47. The first-order valence-corrected chi connectivity index (χ1v) is 13.2. The summed E-state index contributed by atoms with van der Waals surface area (Å²) in [5, 5.41) is 3.33. The molecule has 1 heterocycles. The van der Waals surface area contributed by atoms with E-state index in [0.717, 1.165) is 37.0 Å². The van der Waals surface area contributed by atoms with E-state index in [4.69, 9.17) is 11.6 Å². The average molecular weight is 451 g/mol. The molecule has 1 saturated heterocycles. The number of rotatable bonds is 6. The van der Waals surface area contributed by atoms with Crippen molar-refractivity contribution in [2.24, 2.45) is 23.2 Å². The molecular formula is C23H31ClN2O3S.